The number of thiazole rings is 1. The van der Waals surface area contributed by atoms with Gasteiger partial charge >= 0.3 is 0 Å². The van der Waals surface area contributed by atoms with E-state index in [4.69, 9.17) is 4.98 Å². The van der Waals surface area contributed by atoms with Crippen LogP contribution in [0.3, 0.4) is 0 Å². The zero-order valence-electron chi connectivity index (χ0n) is 10.6. The largest absolute Gasteiger partial charge is 0.332 e. The molecule has 5 heteroatoms. The second kappa shape index (κ2) is 4.90. The molecular formula is C14H12BrN3S. The minimum atomic E-state index is 1.01. The van der Waals surface area contributed by atoms with Crippen molar-refractivity contribution in [1.82, 2.24) is 14.5 Å². The van der Waals surface area contributed by atoms with E-state index in [0.29, 0.717) is 0 Å². The van der Waals surface area contributed by atoms with Crippen molar-refractivity contribution in [3.8, 4) is 22.0 Å². The van der Waals surface area contributed by atoms with Crippen molar-refractivity contribution in [2.75, 3.05) is 0 Å². The Morgan fingerprint density at radius 2 is 1.95 bits per heavy atom. The molecule has 0 saturated heterocycles. The highest BCUT2D eigenvalue weighted by Crippen LogP contribution is 2.33. The molecule has 0 fully saturated rings. The van der Waals surface area contributed by atoms with E-state index in [0.717, 1.165) is 26.4 Å². The summed E-state index contributed by atoms with van der Waals surface area (Å²) in [4.78, 5) is 10.1. The molecule has 3 nitrogen and oxygen atoms in total. The summed E-state index contributed by atoms with van der Waals surface area (Å²) in [6.07, 6.45) is 3.65. The molecule has 0 aliphatic carbocycles. The van der Waals surface area contributed by atoms with Crippen LogP contribution in [0.2, 0.25) is 0 Å². The van der Waals surface area contributed by atoms with E-state index in [9.17, 15) is 0 Å². The average Bonchev–Trinajstić information content (AvgIpc) is 2.96. The molecule has 0 unspecified atom stereocenters. The second-order valence-corrected chi connectivity index (χ2v) is 6.44. The van der Waals surface area contributed by atoms with Gasteiger partial charge in [0.1, 0.15) is 5.01 Å². The summed E-state index contributed by atoms with van der Waals surface area (Å²) >= 11 is 5.15. The van der Waals surface area contributed by atoms with Crippen LogP contribution in [0.1, 0.15) is 4.88 Å². The maximum atomic E-state index is 4.76. The van der Waals surface area contributed by atoms with Gasteiger partial charge in [0.25, 0.3) is 0 Å². The Hall–Kier alpha value is -1.46. The number of imidazole rings is 1. The fraction of sp³-hybridized carbons (Fsp3) is 0.143. The van der Waals surface area contributed by atoms with E-state index in [-0.39, 0.29) is 0 Å². The van der Waals surface area contributed by atoms with Crippen LogP contribution in [0.15, 0.2) is 41.3 Å². The van der Waals surface area contributed by atoms with E-state index in [2.05, 4.69) is 40.0 Å². The van der Waals surface area contributed by atoms with Crippen molar-refractivity contribution in [2.24, 2.45) is 7.05 Å². The third-order valence-corrected chi connectivity index (χ3v) is 4.47. The minimum absolute atomic E-state index is 1.01. The molecule has 3 aromatic rings. The Morgan fingerprint density at radius 3 is 2.58 bits per heavy atom. The van der Waals surface area contributed by atoms with Crippen molar-refractivity contribution in [3.63, 3.8) is 0 Å². The van der Waals surface area contributed by atoms with E-state index >= 15 is 0 Å². The predicted octanol–water partition coefficient (Wildman–Crippen LogP) is 4.28. The van der Waals surface area contributed by atoms with E-state index in [1.54, 1.807) is 17.7 Å². The molecule has 96 valence electrons. The highest BCUT2D eigenvalue weighted by Gasteiger charge is 2.13. The summed E-state index contributed by atoms with van der Waals surface area (Å²) in [5, 5.41) is 1.01. The molecule has 0 bridgehead atoms. The highest BCUT2D eigenvalue weighted by atomic mass is 79.9. The average molecular weight is 334 g/mol. The fourth-order valence-corrected chi connectivity index (χ4v) is 3.20. The predicted molar refractivity (Wildman–Crippen MR) is 82.2 cm³/mol. The maximum absolute atomic E-state index is 4.76. The van der Waals surface area contributed by atoms with Gasteiger partial charge in [-0.15, -0.1) is 11.3 Å². The number of aryl methyl sites for hydroxylation is 2. The number of hydrogen-bond donors (Lipinski definition) is 0. The Bertz CT molecular complexity index is 713. The van der Waals surface area contributed by atoms with E-state index in [1.165, 1.54) is 4.88 Å². The van der Waals surface area contributed by atoms with Crippen LogP contribution < -0.4 is 0 Å². The van der Waals surface area contributed by atoms with Gasteiger partial charge in [0.15, 0.2) is 0 Å². The number of nitrogens with zero attached hydrogens (tertiary/aromatic N) is 3. The van der Waals surface area contributed by atoms with Gasteiger partial charge in [-0.25, -0.2) is 9.97 Å². The SMILES string of the molecule is Cc1sc(-c2cncn2C)nc1-c1ccc(Br)cc1. The highest BCUT2D eigenvalue weighted by molar-refractivity contribution is 9.10. The quantitative estimate of drug-likeness (QED) is 0.700. The summed E-state index contributed by atoms with van der Waals surface area (Å²) in [7, 11) is 1.98. The monoisotopic (exact) mass is 333 g/mol. The van der Waals surface area contributed by atoms with Crippen molar-refractivity contribution < 1.29 is 0 Å². The van der Waals surface area contributed by atoms with Gasteiger partial charge in [-0.2, -0.15) is 0 Å². The maximum Gasteiger partial charge on any atom is 0.142 e. The molecule has 1 aromatic carbocycles. The number of rotatable bonds is 2. The first-order chi connectivity index (χ1) is 9.15. The zero-order valence-corrected chi connectivity index (χ0v) is 13.0. The smallest absolute Gasteiger partial charge is 0.142 e. The molecule has 0 radical (unpaired) electrons. The molecule has 2 heterocycles. The van der Waals surface area contributed by atoms with Crippen molar-refractivity contribution >= 4 is 27.3 Å². The van der Waals surface area contributed by atoms with Crippen LogP contribution in [0.5, 0.6) is 0 Å². The van der Waals surface area contributed by atoms with Crippen LogP contribution in [0.25, 0.3) is 22.0 Å². The molecule has 0 atom stereocenters. The van der Waals surface area contributed by atoms with Crippen LogP contribution in [0, 0.1) is 6.92 Å². The molecular weight excluding hydrogens is 322 g/mol. The zero-order chi connectivity index (χ0) is 13.4. The molecule has 3 rings (SSSR count). The normalized spacial score (nSPS) is 10.9. The van der Waals surface area contributed by atoms with Crippen LogP contribution in [-0.4, -0.2) is 14.5 Å². The molecule has 2 aromatic heterocycles. The Labute approximate surface area is 124 Å². The number of benzene rings is 1. The molecule has 0 spiro atoms. The van der Waals surface area contributed by atoms with Crippen LogP contribution in [-0.2, 0) is 7.05 Å². The third kappa shape index (κ3) is 2.35. The van der Waals surface area contributed by atoms with Gasteiger partial charge in [0.05, 0.1) is 23.9 Å². The minimum Gasteiger partial charge on any atom is -0.332 e. The lowest BCUT2D eigenvalue weighted by Gasteiger charge is -1.99. The van der Waals surface area contributed by atoms with Crippen molar-refractivity contribution in [2.45, 2.75) is 6.92 Å². The lowest BCUT2D eigenvalue weighted by atomic mass is 10.1. The van der Waals surface area contributed by atoms with E-state index < -0.39 is 0 Å². The van der Waals surface area contributed by atoms with Gasteiger partial charge < -0.3 is 4.57 Å². The molecule has 0 amide bonds. The number of halogens is 1. The van der Waals surface area contributed by atoms with E-state index in [1.807, 2.05) is 29.9 Å². The molecule has 0 aliphatic rings. The first-order valence-corrected chi connectivity index (χ1v) is 7.46. The fourth-order valence-electron chi connectivity index (χ4n) is 1.94. The number of aromatic nitrogens is 3. The Balaban J connectivity index is 2.07. The standard InChI is InChI=1S/C14H12BrN3S/c1-9-13(10-3-5-11(15)6-4-10)17-14(19-9)12-7-16-8-18(12)2/h3-8H,1-2H3. The van der Waals surface area contributed by atoms with Gasteiger partial charge in [-0.05, 0) is 19.1 Å². The lowest BCUT2D eigenvalue weighted by Crippen LogP contribution is -1.88. The second-order valence-electron chi connectivity index (χ2n) is 4.32. The third-order valence-electron chi connectivity index (χ3n) is 2.95. The first-order valence-electron chi connectivity index (χ1n) is 5.85. The lowest BCUT2D eigenvalue weighted by molar-refractivity contribution is 0.920. The summed E-state index contributed by atoms with van der Waals surface area (Å²) < 4.78 is 3.07. The first kappa shape index (κ1) is 12.6. The Morgan fingerprint density at radius 1 is 1.21 bits per heavy atom. The Kier molecular flexibility index (Phi) is 3.24. The molecule has 0 N–H and O–H groups in total. The van der Waals surface area contributed by atoms with Gasteiger partial charge in [0, 0.05) is 22.0 Å². The van der Waals surface area contributed by atoms with Gasteiger partial charge in [-0.1, -0.05) is 28.1 Å². The summed E-state index contributed by atoms with van der Waals surface area (Å²) in [5.74, 6) is 0. The molecule has 19 heavy (non-hydrogen) atoms. The van der Waals surface area contributed by atoms with Gasteiger partial charge in [-0.3, -0.25) is 0 Å². The van der Waals surface area contributed by atoms with Gasteiger partial charge in [0.2, 0.25) is 0 Å². The van der Waals surface area contributed by atoms with Crippen molar-refractivity contribution in [3.05, 3.63) is 46.1 Å². The van der Waals surface area contributed by atoms with Crippen LogP contribution in [0.4, 0.5) is 0 Å². The molecule has 0 saturated carbocycles. The summed E-state index contributed by atoms with van der Waals surface area (Å²) in [5.41, 5.74) is 3.25. The summed E-state index contributed by atoms with van der Waals surface area (Å²) in [6, 6.07) is 8.24. The summed E-state index contributed by atoms with van der Waals surface area (Å²) in [6.45, 7) is 2.11. The van der Waals surface area contributed by atoms with Crippen molar-refractivity contribution in [1.29, 1.82) is 0 Å². The molecule has 0 aliphatic heterocycles. The topological polar surface area (TPSA) is 30.7 Å². The van der Waals surface area contributed by atoms with Crippen LogP contribution >= 0.6 is 27.3 Å². The number of hydrogen-bond acceptors (Lipinski definition) is 3.